The third-order valence-electron chi connectivity index (χ3n) is 4.50. The second-order valence-corrected chi connectivity index (χ2v) is 7.63. The minimum Gasteiger partial charge on any atom is -0.497 e. The van der Waals surface area contributed by atoms with E-state index in [0.717, 1.165) is 17.1 Å². The molecule has 0 aliphatic rings. The maximum Gasteiger partial charge on any atom is 0.242 e. The van der Waals surface area contributed by atoms with E-state index in [2.05, 4.69) is 30.4 Å². The molecule has 6 heteroatoms. The number of carbonyl (C=O) groups excluding carboxylic acids is 2. The van der Waals surface area contributed by atoms with Crippen LogP contribution in [0.2, 0.25) is 0 Å². The summed E-state index contributed by atoms with van der Waals surface area (Å²) >= 11 is 1.56. The van der Waals surface area contributed by atoms with Gasteiger partial charge in [-0.2, -0.15) is 0 Å². The molecular formula is C22H28N2O3S. The zero-order valence-electron chi connectivity index (χ0n) is 16.9. The molecule has 0 radical (unpaired) electrons. The Labute approximate surface area is 171 Å². The van der Waals surface area contributed by atoms with Crippen LogP contribution in [0.3, 0.4) is 0 Å². The number of nitrogens with one attached hydrogen (secondary N) is 1. The number of ether oxygens (including phenoxy) is 1. The smallest absolute Gasteiger partial charge is 0.242 e. The molecule has 1 unspecified atom stereocenters. The molecule has 0 bridgehead atoms. The van der Waals surface area contributed by atoms with Crippen LogP contribution in [0.5, 0.6) is 5.75 Å². The molecule has 28 heavy (non-hydrogen) atoms. The van der Waals surface area contributed by atoms with Crippen molar-refractivity contribution in [3.05, 3.63) is 65.2 Å². The quantitative estimate of drug-likeness (QED) is 0.701. The van der Waals surface area contributed by atoms with Gasteiger partial charge in [-0.05, 0) is 37.1 Å². The molecule has 0 aliphatic carbocycles. The molecule has 0 saturated heterocycles. The van der Waals surface area contributed by atoms with E-state index in [9.17, 15) is 9.59 Å². The monoisotopic (exact) mass is 400 g/mol. The van der Waals surface area contributed by atoms with Crippen molar-refractivity contribution in [2.45, 2.75) is 32.2 Å². The van der Waals surface area contributed by atoms with Gasteiger partial charge < -0.3 is 15.0 Å². The standard InChI is InChI=1S/C22H28N2O3S/c1-16-6-5-7-19(12-16)14-28-15-21(25)24(17(2)22(26)23-3)13-18-8-10-20(27-4)11-9-18/h5-12,17H,13-15H2,1-4H3,(H,23,26). The summed E-state index contributed by atoms with van der Waals surface area (Å²) in [6, 6.07) is 15.3. The Kier molecular flexibility index (Phi) is 8.39. The summed E-state index contributed by atoms with van der Waals surface area (Å²) in [5.41, 5.74) is 3.35. The molecule has 5 nitrogen and oxygen atoms in total. The highest BCUT2D eigenvalue weighted by Gasteiger charge is 2.25. The average molecular weight is 401 g/mol. The number of nitrogens with zero attached hydrogens (tertiary/aromatic N) is 1. The maximum absolute atomic E-state index is 12.9. The molecule has 1 N–H and O–H groups in total. The van der Waals surface area contributed by atoms with E-state index < -0.39 is 6.04 Å². The first-order valence-corrected chi connectivity index (χ1v) is 10.4. The topological polar surface area (TPSA) is 58.6 Å². The van der Waals surface area contributed by atoms with E-state index in [1.165, 1.54) is 11.1 Å². The lowest BCUT2D eigenvalue weighted by molar-refractivity contribution is -0.138. The average Bonchev–Trinajstić information content (AvgIpc) is 2.71. The van der Waals surface area contributed by atoms with Gasteiger partial charge in [-0.1, -0.05) is 42.0 Å². The fourth-order valence-electron chi connectivity index (χ4n) is 2.86. The number of likely N-dealkylation sites (N-methyl/N-ethyl adjacent to an activating group) is 1. The Balaban J connectivity index is 2.04. The van der Waals surface area contributed by atoms with Crippen molar-refractivity contribution < 1.29 is 14.3 Å². The number of amides is 2. The number of hydrogen-bond acceptors (Lipinski definition) is 4. The number of carbonyl (C=O) groups is 2. The van der Waals surface area contributed by atoms with E-state index in [4.69, 9.17) is 4.74 Å². The number of thioether (sulfide) groups is 1. The summed E-state index contributed by atoms with van der Waals surface area (Å²) < 4.78 is 5.18. The molecule has 150 valence electrons. The van der Waals surface area contributed by atoms with Gasteiger partial charge in [0.15, 0.2) is 0 Å². The highest BCUT2D eigenvalue weighted by molar-refractivity contribution is 7.99. The van der Waals surface area contributed by atoms with E-state index in [1.807, 2.05) is 30.3 Å². The fourth-order valence-corrected chi connectivity index (χ4v) is 3.72. The number of methoxy groups -OCH3 is 1. The predicted octanol–water partition coefficient (Wildman–Crippen LogP) is 3.40. The van der Waals surface area contributed by atoms with E-state index in [0.29, 0.717) is 12.3 Å². The van der Waals surface area contributed by atoms with Gasteiger partial charge in [0.05, 0.1) is 12.9 Å². The Morgan fingerprint density at radius 2 is 1.86 bits per heavy atom. The summed E-state index contributed by atoms with van der Waals surface area (Å²) in [6.45, 7) is 4.19. The zero-order chi connectivity index (χ0) is 20.5. The van der Waals surface area contributed by atoms with Gasteiger partial charge in [0, 0.05) is 19.3 Å². The van der Waals surface area contributed by atoms with Crippen molar-refractivity contribution in [1.82, 2.24) is 10.2 Å². The molecule has 0 aromatic heterocycles. The van der Waals surface area contributed by atoms with Crippen LogP contribution in [-0.4, -0.2) is 42.7 Å². The lowest BCUT2D eigenvalue weighted by Gasteiger charge is -2.28. The molecule has 0 aliphatic heterocycles. The van der Waals surface area contributed by atoms with Crippen molar-refractivity contribution in [2.75, 3.05) is 19.9 Å². The van der Waals surface area contributed by atoms with Crippen LogP contribution < -0.4 is 10.1 Å². The van der Waals surface area contributed by atoms with Crippen molar-refractivity contribution in [2.24, 2.45) is 0 Å². The first-order valence-electron chi connectivity index (χ1n) is 9.22. The van der Waals surface area contributed by atoms with Crippen molar-refractivity contribution in [1.29, 1.82) is 0 Å². The number of benzene rings is 2. The van der Waals surface area contributed by atoms with Crippen LogP contribution in [-0.2, 0) is 21.9 Å². The highest BCUT2D eigenvalue weighted by atomic mass is 32.2. The summed E-state index contributed by atoms with van der Waals surface area (Å²) in [4.78, 5) is 26.7. The molecule has 0 fully saturated rings. The largest absolute Gasteiger partial charge is 0.497 e. The van der Waals surface area contributed by atoms with Crippen molar-refractivity contribution in [3.8, 4) is 5.75 Å². The van der Waals surface area contributed by atoms with Crippen LogP contribution in [0.25, 0.3) is 0 Å². The van der Waals surface area contributed by atoms with Crippen LogP contribution in [0.15, 0.2) is 48.5 Å². The van der Waals surface area contributed by atoms with Gasteiger partial charge in [-0.15, -0.1) is 11.8 Å². The molecule has 0 heterocycles. The molecule has 2 aromatic rings. The SMILES string of the molecule is CNC(=O)C(C)N(Cc1ccc(OC)cc1)C(=O)CSCc1cccc(C)c1. The Morgan fingerprint density at radius 3 is 2.46 bits per heavy atom. The number of aryl methyl sites for hydroxylation is 1. The van der Waals surface area contributed by atoms with E-state index in [-0.39, 0.29) is 11.8 Å². The Hall–Kier alpha value is -2.47. The molecule has 2 rings (SSSR count). The van der Waals surface area contributed by atoms with Crippen molar-refractivity contribution >= 4 is 23.6 Å². The molecule has 0 spiro atoms. The molecule has 0 saturated carbocycles. The third-order valence-corrected chi connectivity index (χ3v) is 5.49. The zero-order valence-corrected chi connectivity index (χ0v) is 17.7. The second-order valence-electron chi connectivity index (χ2n) is 6.64. The van der Waals surface area contributed by atoms with Gasteiger partial charge in [0.2, 0.25) is 11.8 Å². The summed E-state index contributed by atoms with van der Waals surface area (Å²) in [5, 5.41) is 2.63. The van der Waals surface area contributed by atoms with Gasteiger partial charge in [-0.25, -0.2) is 0 Å². The van der Waals surface area contributed by atoms with Crippen LogP contribution in [0, 0.1) is 6.92 Å². The molecule has 2 amide bonds. The van der Waals surface area contributed by atoms with Crippen LogP contribution in [0.1, 0.15) is 23.6 Å². The van der Waals surface area contributed by atoms with Gasteiger partial charge in [0.1, 0.15) is 11.8 Å². The molecule has 1 atom stereocenters. The minimum atomic E-state index is -0.542. The van der Waals surface area contributed by atoms with E-state index in [1.54, 1.807) is 37.7 Å². The second kappa shape index (κ2) is 10.8. The highest BCUT2D eigenvalue weighted by Crippen LogP contribution is 2.18. The summed E-state index contributed by atoms with van der Waals surface area (Å²) in [6.07, 6.45) is 0. The number of rotatable bonds is 9. The van der Waals surface area contributed by atoms with Crippen molar-refractivity contribution in [3.63, 3.8) is 0 Å². The van der Waals surface area contributed by atoms with Gasteiger partial charge in [-0.3, -0.25) is 9.59 Å². The van der Waals surface area contributed by atoms with Gasteiger partial charge in [0.25, 0.3) is 0 Å². The minimum absolute atomic E-state index is 0.0513. The Bertz CT molecular complexity index is 793. The van der Waals surface area contributed by atoms with Gasteiger partial charge >= 0.3 is 0 Å². The predicted molar refractivity (Wildman–Crippen MR) is 114 cm³/mol. The third kappa shape index (κ3) is 6.30. The normalized spacial score (nSPS) is 11.6. The van der Waals surface area contributed by atoms with Crippen LogP contribution >= 0.6 is 11.8 Å². The fraction of sp³-hybridized carbons (Fsp3) is 0.364. The number of hydrogen-bond donors (Lipinski definition) is 1. The Morgan fingerprint density at radius 1 is 1.14 bits per heavy atom. The van der Waals surface area contributed by atoms with E-state index >= 15 is 0 Å². The van der Waals surface area contributed by atoms with Crippen LogP contribution in [0.4, 0.5) is 0 Å². The first kappa shape index (κ1) is 21.8. The summed E-state index contributed by atoms with van der Waals surface area (Å²) in [5.74, 6) is 1.62. The molecule has 2 aromatic carbocycles. The lowest BCUT2D eigenvalue weighted by Crippen LogP contribution is -2.47. The maximum atomic E-state index is 12.9. The summed E-state index contributed by atoms with van der Waals surface area (Å²) in [7, 11) is 3.20. The first-order chi connectivity index (χ1) is 13.4. The lowest BCUT2D eigenvalue weighted by atomic mass is 10.1. The molecular weight excluding hydrogens is 372 g/mol.